The fourth-order valence-electron chi connectivity index (χ4n) is 7.00. The van der Waals surface area contributed by atoms with E-state index in [0.717, 1.165) is 64.2 Å². The number of carbonyl (C=O) groups is 2. The maximum Gasteiger partial charge on any atom is 0.306 e. The third kappa shape index (κ3) is 46.3. The number of rotatable bonds is 45. The van der Waals surface area contributed by atoms with Gasteiger partial charge in [0.05, 0.1) is 6.61 Å². The third-order valence-corrected chi connectivity index (χ3v) is 10.8. The number of carbonyl (C=O) groups excluding carboxylic acids is 2. The summed E-state index contributed by atoms with van der Waals surface area (Å²) in [5.41, 5.74) is 0. The molecule has 0 saturated heterocycles. The van der Waals surface area contributed by atoms with Gasteiger partial charge in [-0.3, -0.25) is 9.59 Å². The second-order valence-corrected chi connectivity index (χ2v) is 16.5. The van der Waals surface area contributed by atoms with Crippen LogP contribution in [0.4, 0.5) is 0 Å². The van der Waals surface area contributed by atoms with Gasteiger partial charge in [0.1, 0.15) is 6.61 Å². The first-order chi connectivity index (χ1) is 28.6. The van der Waals surface area contributed by atoms with Crippen LogP contribution in [0.3, 0.4) is 0 Å². The topological polar surface area (TPSA) is 72.8 Å². The van der Waals surface area contributed by atoms with Gasteiger partial charge < -0.3 is 14.6 Å². The molecule has 5 heteroatoms. The van der Waals surface area contributed by atoms with E-state index >= 15 is 0 Å². The number of hydrogen-bond donors (Lipinski definition) is 1. The molecule has 0 amide bonds. The van der Waals surface area contributed by atoms with Crippen LogP contribution in [-0.4, -0.2) is 36.4 Å². The van der Waals surface area contributed by atoms with Gasteiger partial charge in [0.15, 0.2) is 6.10 Å². The number of aliphatic hydroxyl groups excluding tert-OH is 1. The molecule has 0 aliphatic carbocycles. The van der Waals surface area contributed by atoms with Gasteiger partial charge in [0, 0.05) is 12.8 Å². The van der Waals surface area contributed by atoms with Crippen LogP contribution in [0.1, 0.15) is 245 Å². The van der Waals surface area contributed by atoms with Crippen molar-refractivity contribution in [1.82, 2.24) is 0 Å². The highest BCUT2D eigenvalue weighted by Gasteiger charge is 2.16. The van der Waals surface area contributed by atoms with E-state index in [9.17, 15) is 14.7 Å². The average molecular weight is 811 g/mol. The van der Waals surface area contributed by atoms with E-state index in [-0.39, 0.29) is 25.2 Å². The molecule has 0 aromatic carbocycles. The van der Waals surface area contributed by atoms with Crippen molar-refractivity contribution in [2.24, 2.45) is 0 Å². The Morgan fingerprint density at radius 1 is 0.397 bits per heavy atom. The summed E-state index contributed by atoms with van der Waals surface area (Å²) < 4.78 is 10.7. The molecule has 0 heterocycles. The zero-order chi connectivity index (χ0) is 42.1. The molecule has 0 aromatic rings. The van der Waals surface area contributed by atoms with Crippen molar-refractivity contribution >= 4 is 11.9 Å². The summed E-state index contributed by atoms with van der Waals surface area (Å²) in [6, 6.07) is 0. The Hall–Kier alpha value is -2.40. The molecule has 0 bridgehead atoms. The molecule has 1 atom stereocenters. The fraction of sp³-hybridized carbons (Fsp3) is 0.774. The van der Waals surface area contributed by atoms with Crippen LogP contribution in [0.15, 0.2) is 60.8 Å². The summed E-state index contributed by atoms with van der Waals surface area (Å²) in [5, 5.41) is 9.61. The lowest BCUT2D eigenvalue weighted by atomic mass is 10.0. The Balaban J connectivity index is 3.52. The maximum atomic E-state index is 12.3. The number of allylic oxidation sites excluding steroid dienone is 10. The summed E-state index contributed by atoms with van der Waals surface area (Å²) in [5.74, 6) is -0.598. The Morgan fingerprint density at radius 2 is 0.690 bits per heavy atom. The third-order valence-electron chi connectivity index (χ3n) is 10.8. The van der Waals surface area contributed by atoms with Crippen molar-refractivity contribution in [2.75, 3.05) is 13.2 Å². The van der Waals surface area contributed by atoms with Gasteiger partial charge in [-0.25, -0.2) is 0 Å². The maximum absolute atomic E-state index is 12.3. The molecule has 0 aliphatic heterocycles. The second kappa shape index (κ2) is 49.0. The van der Waals surface area contributed by atoms with Crippen molar-refractivity contribution in [3.8, 4) is 0 Å². The summed E-state index contributed by atoms with van der Waals surface area (Å²) in [6.07, 6.45) is 64.5. The SMILES string of the molecule is CCCCC/C=C\C/C=C\CCCCCCCCCC(=O)OCC(CO)OC(=O)CCCCCCCCCCCCCC/C=C\C/C=C\C/C=C\CCCCCCC. The Labute approximate surface area is 360 Å². The lowest BCUT2D eigenvalue weighted by Crippen LogP contribution is -2.28. The van der Waals surface area contributed by atoms with Gasteiger partial charge in [0.25, 0.3) is 0 Å². The minimum atomic E-state index is -0.778. The van der Waals surface area contributed by atoms with Crippen LogP contribution in [0.2, 0.25) is 0 Å². The largest absolute Gasteiger partial charge is 0.462 e. The average Bonchev–Trinajstić information content (AvgIpc) is 3.23. The fourth-order valence-corrected chi connectivity index (χ4v) is 7.00. The van der Waals surface area contributed by atoms with Crippen LogP contribution in [-0.2, 0) is 19.1 Å². The molecule has 0 spiro atoms. The molecule has 0 aliphatic rings. The predicted molar refractivity (Wildman–Crippen MR) is 251 cm³/mol. The lowest BCUT2D eigenvalue weighted by molar-refractivity contribution is -0.161. The molecular formula is C53H94O5. The van der Waals surface area contributed by atoms with E-state index in [2.05, 4.69) is 74.6 Å². The highest BCUT2D eigenvalue weighted by atomic mass is 16.6. The van der Waals surface area contributed by atoms with Gasteiger partial charge in [0.2, 0.25) is 0 Å². The minimum Gasteiger partial charge on any atom is -0.462 e. The van der Waals surface area contributed by atoms with E-state index in [4.69, 9.17) is 9.47 Å². The molecule has 1 unspecified atom stereocenters. The van der Waals surface area contributed by atoms with Gasteiger partial charge in [-0.05, 0) is 83.5 Å². The van der Waals surface area contributed by atoms with Crippen LogP contribution < -0.4 is 0 Å². The molecule has 0 saturated carbocycles. The number of hydrogen-bond acceptors (Lipinski definition) is 5. The van der Waals surface area contributed by atoms with Crippen LogP contribution in [0.25, 0.3) is 0 Å². The smallest absolute Gasteiger partial charge is 0.306 e. The van der Waals surface area contributed by atoms with E-state index in [0.29, 0.717) is 12.8 Å². The first kappa shape index (κ1) is 55.6. The zero-order valence-corrected chi connectivity index (χ0v) is 38.3. The Kier molecular flexibility index (Phi) is 46.9. The Bertz CT molecular complexity index is 1010. The van der Waals surface area contributed by atoms with Gasteiger partial charge >= 0.3 is 11.9 Å². The highest BCUT2D eigenvalue weighted by molar-refractivity contribution is 5.70. The van der Waals surface area contributed by atoms with E-state index in [1.165, 1.54) is 154 Å². The van der Waals surface area contributed by atoms with Crippen molar-refractivity contribution in [1.29, 1.82) is 0 Å². The molecule has 0 fully saturated rings. The molecule has 0 rings (SSSR count). The van der Waals surface area contributed by atoms with E-state index in [1.54, 1.807) is 0 Å². The predicted octanol–water partition coefficient (Wildman–Crippen LogP) is 16.3. The molecule has 1 N–H and O–H groups in total. The highest BCUT2D eigenvalue weighted by Crippen LogP contribution is 2.15. The quantitative estimate of drug-likeness (QED) is 0.0377. The Morgan fingerprint density at radius 3 is 1.07 bits per heavy atom. The van der Waals surface area contributed by atoms with E-state index in [1.807, 2.05) is 0 Å². The first-order valence-corrected chi connectivity index (χ1v) is 24.8. The van der Waals surface area contributed by atoms with Crippen molar-refractivity contribution in [2.45, 2.75) is 251 Å². The number of unbranched alkanes of at least 4 members (excludes halogenated alkanes) is 27. The summed E-state index contributed by atoms with van der Waals surface area (Å²) >= 11 is 0. The molecular weight excluding hydrogens is 717 g/mol. The number of ether oxygens (including phenoxy) is 2. The van der Waals surface area contributed by atoms with Crippen molar-refractivity contribution in [3.63, 3.8) is 0 Å². The normalized spacial score (nSPS) is 12.7. The minimum absolute atomic E-state index is 0.0713. The van der Waals surface area contributed by atoms with Gasteiger partial charge in [-0.2, -0.15) is 0 Å². The zero-order valence-electron chi connectivity index (χ0n) is 38.3. The summed E-state index contributed by atoms with van der Waals surface area (Å²) in [4.78, 5) is 24.4. The van der Waals surface area contributed by atoms with Crippen LogP contribution >= 0.6 is 0 Å². The van der Waals surface area contributed by atoms with Crippen molar-refractivity contribution < 1.29 is 24.2 Å². The number of aliphatic hydroxyl groups is 1. The van der Waals surface area contributed by atoms with Gasteiger partial charge in [-0.1, -0.05) is 209 Å². The standard InChI is InChI=1S/C53H94O5/c1-3-5-7-9-11-13-15-17-19-21-22-23-24-25-26-27-28-29-30-32-34-36-38-40-42-44-46-48-53(56)58-51(49-54)50-57-52(55)47-45-43-41-39-37-35-33-31-20-18-16-14-12-10-8-6-4-2/h12,14-15,17-18,20-22,24-25,51,54H,3-11,13,16,19,23,26-50H2,1-2H3/b14-12-,17-15-,20-18-,22-21-,25-24-. The summed E-state index contributed by atoms with van der Waals surface area (Å²) in [7, 11) is 0. The first-order valence-electron chi connectivity index (χ1n) is 24.8. The molecule has 0 radical (unpaired) electrons. The summed E-state index contributed by atoms with van der Waals surface area (Å²) in [6.45, 7) is 4.11. The molecule has 58 heavy (non-hydrogen) atoms. The molecule has 0 aromatic heterocycles. The van der Waals surface area contributed by atoms with Crippen LogP contribution in [0, 0.1) is 0 Å². The van der Waals surface area contributed by atoms with Crippen LogP contribution in [0.5, 0.6) is 0 Å². The number of esters is 2. The van der Waals surface area contributed by atoms with Crippen molar-refractivity contribution in [3.05, 3.63) is 60.8 Å². The molecule has 336 valence electrons. The monoisotopic (exact) mass is 811 g/mol. The molecule has 5 nitrogen and oxygen atoms in total. The van der Waals surface area contributed by atoms with E-state index < -0.39 is 6.10 Å². The van der Waals surface area contributed by atoms with Gasteiger partial charge in [-0.15, -0.1) is 0 Å². The second-order valence-electron chi connectivity index (χ2n) is 16.5. The lowest BCUT2D eigenvalue weighted by Gasteiger charge is -2.15.